The van der Waals surface area contributed by atoms with Gasteiger partial charge < -0.3 is 10.1 Å². The molecule has 0 aliphatic rings. The molecule has 2 rings (SSSR count). The zero-order valence-electron chi connectivity index (χ0n) is 13.1. The highest BCUT2D eigenvalue weighted by atomic mass is 35.5. The Labute approximate surface area is 152 Å². The van der Waals surface area contributed by atoms with E-state index in [1.165, 1.54) is 7.11 Å². The Bertz CT molecular complexity index is 779. The Balaban J connectivity index is 2.00. The van der Waals surface area contributed by atoms with Crippen LogP contribution in [0.2, 0.25) is 10.0 Å². The fourth-order valence-electron chi connectivity index (χ4n) is 2.20. The number of carbonyl (C=O) groups excluding carboxylic acids is 1. The first-order valence-corrected chi connectivity index (χ1v) is 7.96. The van der Waals surface area contributed by atoms with Crippen molar-refractivity contribution in [1.82, 2.24) is 0 Å². The van der Waals surface area contributed by atoms with Crippen LogP contribution in [0.15, 0.2) is 36.4 Å². The second-order valence-electron chi connectivity index (χ2n) is 5.17. The van der Waals surface area contributed by atoms with Crippen LogP contribution in [-0.4, -0.2) is 13.0 Å². The molecule has 0 bridgehead atoms. The van der Waals surface area contributed by atoms with E-state index in [0.717, 1.165) is 23.8 Å². The van der Waals surface area contributed by atoms with Gasteiger partial charge in [0.25, 0.3) is 0 Å². The lowest BCUT2D eigenvalue weighted by Gasteiger charge is -2.11. The molecule has 25 heavy (non-hydrogen) atoms. The molecule has 0 radical (unpaired) electrons. The quantitative estimate of drug-likeness (QED) is 0.720. The minimum atomic E-state index is -4.54. The van der Waals surface area contributed by atoms with Crippen LogP contribution in [0.25, 0.3) is 0 Å². The smallest absolute Gasteiger partial charge is 0.417 e. The molecule has 1 N–H and O–H groups in total. The highest BCUT2D eigenvalue weighted by Crippen LogP contribution is 2.36. The minimum Gasteiger partial charge on any atom is -0.495 e. The van der Waals surface area contributed by atoms with Crippen LogP contribution in [0.1, 0.15) is 17.5 Å². The van der Waals surface area contributed by atoms with Crippen molar-refractivity contribution in [3.63, 3.8) is 0 Å². The summed E-state index contributed by atoms with van der Waals surface area (Å²) < 4.78 is 43.1. The number of nitrogens with one attached hydrogen (secondary N) is 1. The minimum absolute atomic E-state index is 0.103. The van der Waals surface area contributed by atoms with Gasteiger partial charge in [0.2, 0.25) is 5.91 Å². The fourth-order valence-corrected chi connectivity index (χ4v) is 2.79. The van der Waals surface area contributed by atoms with Gasteiger partial charge in [-0.15, -0.1) is 0 Å². The van der Waals surface area contributed by atoms with Crippen LogP contribution in [-0.2, 0) is 17.4 Å². The van der Waals surface area contributed by atoms with Crippen LogP contribution >= 0.6 is 23.2 Å². The summed E-state index contributed by atoms with van der Waals surface area (Å²) in [6.45, 7) is 0. The van der Waals surface area contributed by atoms with E-state index in [1.807, 2.05) is 0 Å². The molecule has 0 spiro atoms. The van der Waals surface area contributed by atoms with Crippen molar-refractivity contribution in [2.45, 2.75) is 19.0 Å². The maximum Gasteiger partial charge on any atom is 0.417 e. The van der Waals surface area contributed by atoms with E-state index in [4.69, 9.17) is 27.9 Å². The number of rotatable bonds is 5. The van der Waals surface area contributed by atoms with Crippen LogP contribution in [0, 0.1) is 0 Å². The normalized spacial score (nSPS) is 11.3. The molecule has 0 aliphatic carbocycles. The zero-order valence-corrected chi connectivity index (χ0v) is 14.6. The molecule has 0 aromatic heterocycles. The van der Waals surface area contributed by atoms with Gasteiger partial charge >= 0.3 is 6.18 Å². The number of ether oxygens (including phenoxy) is 1. The Kier molecular flexibility index (Phi) is 6.19. The summed E-state index contributed by atoms with van der Waals surface area (Å²) in [5.41, 5.74) is -0.0170. The monoisotopic (exact) mass is 391 g/mol. The van der Waals surface area contributed by atoms with Crippen molar-refractivity contribution in [2.75, 3.05) is 12.4 Å². The molecule has 2 aromatic carbocycles. The second kappa shape index (κ2) is 7.97. The van der Waals surface area contributed by atoms with Crippen LogP contribution in [0.4, 0.5) is 18.9 Å². The number of halogens is 5. The van der Waals surface area contributed by atoms with Gasteiger partial charge in [-0.1, -0.05) is 35.3 Å². The van der Waals surface area contributed by atoms with Gasteiger partial charge in [-0.2, -0.15) is 13.2 Å². The van der Waals surface area contributed by atoms with Gasteiger partial charge in [-0.25, -0.2) is 0 Å². The van der Waals surface area contributed by atoms with E-state index in [0.29, 0.717) is 17.2 Å². The summed E-state index contributed by atoms with van der Waals surface area (Å²) >= 11 is 11.8. The fraction of sp³-hybridized carbons (Fsp3) is 0.235. The van der Waals surface area contributed by atoms with Crippen molar-refractivity contribution in [2.24, 2.45) is 0 Å². The molecule has 134 valence electrons. The summed E-state index contributed by atoms with van der Waals surface area (Å²) in [5, 5.41) is 2.47. The van der Waals surface area contributed by atoms with Crippen LogP contribution in [0.3, 0.4) is 0 Å². The first-order valence-electron chi connectivity index (χ1n) is 7.20. The lowest BCUT2D eigenvalue weighted by Crippen LogP contribution is -2.13. The summed E-state index contributed by atoms with van der Waals surface area (Å²) in [6, 6.07) is 8.29. The Morgan fingerprint density at radius 1 is 1.20 bits per heavy atom. The van der Waals surface area contributed by atoms with Crippen molar-refractivity contribution in [3.05, 3.63) is 57.6 Å². The number of alkyl halides is 3. The summed E-state index contributed by atoms with van der Waals surface area (Å²) in [6.07, 6.45) is -4.08. The molecule has 0 saturated carbocycles. The second-order valence-corrected chi connectivity index (χ2v) is 5.96. The van der Waals surface area contributed by atoms with E-state index < -0.39 is 16.8 Å². The molecule has 3 nitrogen and oxygen atoms in total. The van der Waals surface area contributed by atoms with Crippen molar-refractivity contribution >= 4 is 34.8 Å². The summed E-state index contributed by atoms with van der Waals surface area (Å²) in [4.78, 5) is 12.0. The van der Waals surface area contributed by atoms with Gasteiger partial charge in [0, 0.05) is 12.1 Å². The largest absolute Gasteiger partial charge is 0.495 e. The van der Waals surface area contributed by atoms with E-state index >= 15 is 0 Å². The van der Waals surface area contributed by atoms with Gasteiger partial charge in [-0.05, 0) is 36.2 Å². The maximum absolute atomic E-state index is 12.7. The van der Waals surface area contributed by atoms with Gasteiger partial charge in [0.05, 0.1) is 22.7 Å². The number of hydrogen-bond donors (Lipinski definition) is 1. The Morgan fingerprint density at radius 2 is 1.92 bits per heavy atom. The topological polar surface area (TPSA) is 38.3 Å². The van der Waals surface area contributed by atoms with Crippen molar-refractivity contribution in [3.8, 4) is 5.75 Å². The molecule has 8 heteroatoms. The third-order valence-electron chi connectivity index (χ3n) is 3.44. The summed E-state index contributed by atoms with van der Waals surface area (Å²) in [7, 11) is 1.49. The Morgan fingerprint density at radius 3 is 2.52 bits per heavy atom. The Hall–Kier alpha value is -1.92. The third-order valence-corrected chi connectivity index (χ3v) is 4.18. The molecule has 0 unspecified atom stereocenters. The number of amides is 1. The lowest BCUT2D eigenvalue weighted by molar-refractivity contribution is -0.137. The van der Waals surface area contributed by atoms with E-state index in [-0.39, 0.29) is 18.0 Å². The van der Waals surface area contributed by atoms with Gasteiger partial charge in [0.1, 0.15) is 5.75 Å². The number of hydrogen-bond acceptors (Lipinski definition) is 2. The highest BCUT2D eigenvalue weighted by Gasteiger charge is 2.33. The molecular weight excluding hydrogens is 378 g/mol. The number of benzene rings is 2. The average Bonchev–Trinajstić information content (AvgIpc) is 2.52. The molecule has 0 aliphatic heterocycles. The number of anilines is 1. The standard InChI is InChI=1S/C17H14Cl2F3NO2/c1-25-14-4-2-3-10(16(14)19)5-8-15(24)23-11-6-7-12(13(18)9-11)17(20,21)22/h2-4,6-7,9H,5,8H2,1H3,(H,23,24). The summed E-state index contributed by atoms with van der Waals surface area (Å²) in [5.74, 6) is 0.142. The van der Waals surface area contributed by atoms with E-state index in [9.17, 15) is 18.0 Å². The molecule has 0 saturated heterocycles. The SMILES string of the molecule is COc1cccc(CCC(=O)Nc2ccc(C(F)(F)F)c(Cl)c2)c1Cl. The number of aryl methyl sites for hydroxylation is 1. The highest BCUT2D eigenvalue weighted by molar-refractivity contribution is 6.33. The third kappa shape index (κ3) is 5.03. The molecular formula is C17H14Cl2F3NO2. The maximum atomic E-state index is 12.7. The average molecular weight is 392 g/mol. The van der Waals surface area contributed by atoms with E-state index in [1.54, 1.807) is 18.2 Å². The van der Waals surface area contributed by atoms with E-state index in [2.05, 4.69) is 5.32 Å². The predicted molar refractivity (Wildman–Crippen MR) is 91.4 cm³/mol. The predicted octanol–water partition coefficient (Wildman–Crippen LogP) is 5.59. The lowest BCUT2D eigenvalue weighted by atomic mass is 10.1. The van der Waals surface area contributed by atoms with Gasteiger partial charge in [0.15, 0.2) is 0 Å². The van der Waals surface area contributed by atoms with Crippen molar-refractivity contribution in [1.29, 1.82) is 0 Å². The molecule has 0 fully saturated rings. The molecule has 0 atom stereocenters. The molecule has 1 amide bonds. The molecule has 2 aromatic rings. The van der Waals surface area contributed by atoms with Crippen LogP contribution in [0.5, 0.6) is 5.75 Å². The first kappa shape index (κ1) is 19.4. The van der Waals surface area contributed by atoms with Crippen molar-refractivity contribution < 1.29 is 22.7 Å². The number of carbonyl (C=O) groups is 1. The number of methoxy groups -OCH3 is 1. The van der Waals surface area contributed by atoms with Crippen LogP contribution < -0.4 is 10.1 Å². The van der Waals surface area contributed by atoms with Gasteiger partial charge in [-0.3, -0.25) is 4.79 Å². The zero-order chi connectivity index (χ0) is 18.6. The molecule has 0 heterocycles. The first-order chi connectivity index (χ1) is 11.7.